The zero-order valence-electron chi connectivity index (χ0n) is 8.25. The van der Waals surface area contributed by atoms with Gasteiger partial charge in [0.1, 0.15) is 0 Å². The molecule has 0 fully saturated rings. The average Bonchev–Trinajstić information content (AvgIpc) is 2.04. The zero-order valence-corrected chi connectivity index (χ0v) is 8.25. The Hall–Kier alpha value is -1.52. The smallest absolute Gasteiger partial charge is 0.323 e. The summed E-state index contributed by atoms with van der Waals surface area (Å²) in [6.07, 6.45) is 1.28. The van der Waals surface area contributed by atoms with E-state index < -0.39 is 11.9 Å². The van der Waals surface area contributed by atoms with Gasteiger partial charge >= 0.3 is 6.03 Å². The number of nitrogens with one attached hydrogen (secondary N) is 1. The van der Waals surface area contributed by atoms with Gasteiger partial charge in [-0.25, -0.2) is 4.79 Å². The second-order valence-electron chi connectivity index (χ2n) is 2.69. The monoisotopic (exact) mass is 186 g/mol. The van der Waals surface area contributed by atoms with Gasteiger partial charge < -0.3 is 9.64 Å². The highest BCUT2D eigenvalue weighted by atomic mass is 16.5. The van der Waals surface area contributed by atoms with E-state index in [4.69, 9.17) is 0 Å². The average molecular weight is 186 g/mol. The van der Waals surface area contributed by atoms with Crippen LogP contribution in [0.15, 0.2) is 11.8 Å². The van der Waals surface area contributed by atoms with Crippen LogP contribution in [0.3, 0.4) is 0 Å². The largest absolute Gasteiger partial charge is 0.504 e. The van der Waals surface area contributed by atoms with Crippen molar-refractivity contribution in [2.75, 3.05) is 21.2 Å². The molecule has 0 bridgehead atoms. The minimum absolute atomic E-state index is 0.345. The molecule has 0 aromatic carbocycles. The molecule has 0 spiro atoms. The van der Waals surface area contributed by atoms with E-state index in [9.17, 15) is 9.59 Å². The van der Waals surface area contributed by atoms with Gasteiger partial charge in [0, 0.05) is 19.7 Å². The standard InChI is InChI=1S/C8H14N2O3/c1-6(5-13-4)7(11)9-8(12)10(2)3/h5H,1-4H3,(H,9,11,12)/b6-5-. The molecule has 74 valence electrons. The van der Waals surface area contributed by atoms with Crippen molar-refractivity contribution in [2.24, 2.45) is 0 Å². The summed E-state index contributed by atoms with van der Waals surface area (Å²) in [6.45, 7) is 1.56. The first kappa shape index (κ1) is 11.5. The predicted octanol–water partition coefficient (Wildman–Crippen LogP) is 0.334. The number of ether oxygens (including phenoxy) is 1. The van der Waals surface area contributed by atoms with Crippen molar-refractivity contribution in [3.05, 3.63) is 11.8 Å². The molecule has 5 heteroatoms. The Bertz CT molecular complexity index is 234. The van der Waals surface area contributed by atoms with Crippen molar-refractivity contribution in [3.63, 3.8) is 0 Å². The molecule has 0 aliphatic carbocycles. The van der Waals surface area contributed by atoms with Gasteiger partial charge in [0.2, 0.25) is 0 Å². The maximum absolute atomic E-state index is 11.1. The van der Waals surface area contributed by atoms with Crippen LogP contribution < -0.4 is 5.32 Å². The van der Waals surface area contributed by atoms with Gasteiger partial charge in [-0.05, 0) is 6.92 Å². The van der Waals surface area contributed by atoms with Crippen molar-refractivity contribution < 1.29 is 14.3 Å². The number of nitrogens with zero attached hydrogens (tertiary/aromatic N) is 1. The second kappa shape index (κ2) is 5.18. The molecule has 5 nitrogen and oxygen atoms in total. The highest BCUT2D eigenvalue weighted by Gasteiger charge is 2.10. The SMILES string of the molecule is CO/C=C(/C)C(=O)NC(=O)N(C)C. The maximum Gasteiger partial charge on any atom is 0.323 e. The van der Waals surface area contributed by atoms with E-state index in [1.54, 1.807) is 21.0 Å². The van der Waals surface area contributed by atoms with Crippen LogP contribution in [-0.4, -0.2) is 38.0 Å². The fourth-order valence-corrected chi connectivity index (χ4v) is 0.538. The fraction of sp³-hybridized carbons (Fsp3) is 0.500. The molecule has 0 aliphatic heterocycles. The molecule has 1 N–H and O–H groups in total. The quantitative estimate of drug-likeness (QED) is 0.499. The molecule has 0 radical (unpaired) electrons. The number of hydrogen-bond acceptors (Lipinski definition) is 3. The van der Waals surface area contributed by atoms with Crippen LogP contribution in [0, 0.1) is 0 Å². The van der Waals surface area contributed by atoms with Crippen molar-refractivity contribution >= 4 is 11.9 Å². The summed E-state index contributed by atoms with van der Waals surface area (Å²) in [5.41, 5.74) is 0.345. The number of imide groups is 1. The summed E-state index contributed by atoms with van der Waals surface area (Å²) >= 11 is 0. The minimum atomic E-state index is -0.458. The van der Waals surface area contributed by atoms with Crippen LogP contribution in [0.2, 0.25) is 0 Å². The van der Waals surface area contributed by atoms with Crippen LogP contribution in [0.4, 0.5) is 4.79 Å². The van der Waals surface area contributed by atoms with Crippen molar-refractivity contribution in [3.8, 4) is 0 Å². The summed E-state index contributed by atoms with van der Waals surface area (Å²) in [7, 11) is 4.54. The number of methoxy groups -OCH3 is 1. The van der Waals surface area contributed by atoms with E-state index in [0.717, 1.165) is 0 Å². The molecule has 0 atom stereocenters. The fourth-order valence-electron chi connectivity index (χ4n) is 0.538. The lowest BCUT2D eigenvalue weighted by Crippen LogP contribution is -2.38. The zero-order chi connectivity index (χ0) is 10.4. The van der Waals surface area contributed by atoms with E-state index in [1.165, 1.54) is 18.3 Å². The lowest BCUT2D eigenvalue weighted by atomic mass is 10.3. The van der Waals surface area contributed by atoms with Crippen molar-refractivity contribution in [1.82, 2.24) is 10.2 Å². The molecular formula is C8H14N2O3. The van der Waals surface area contributed by atoms with Crippen LogP contribution in [0.25, 0.3) is 0 Å². The number of urea groups is 1. The lowest BCUT2D eigenvalue weighted by molar-refractivity contribution is -0.116. The molecule has 0 unspecified atom stereocenters. The number of rotatable bonds is 2. The minimum Gasteiger partial charge on any atom is -0.504 e. The lowest BCUT2D eigenvalue weighted by Gasteiger charge is -2.10. The second-order valence-corrected chi connectivity index (χ2v) is 2.69. The summed E-state index contributed by atoms with van der Waals surface area (Å²) < 4.78 is 4.62. The number of hydrogen-bond donors (Lipinski definition) is 1. The van der Waals surface area contributed by atoms with Crippen LogP contribution in [0.5, 0.6) is 0 Å². The topological polar surface area (TPSA) is 58.6 Å². The molecule has 3 amide bonds. The van der Waals surface area contributed by atoms with Gasteiger partial charge in [0.25, 0.3) is 5.91 Å². The van der Waals surface area contributed by atoms with Gasteiger partial charge in [-0.15, -0.1) is 0 Å². The Morgan fingerprint density at radius 1 is 1.38 bits per heavy atom. The summed E-state index contributed by atoms with van der Waals surface area (Å²) in [5.74, 6) is -0.458. The summed E-state index contributed by atoms with van der Waals surface area (Å²) in [6, 6.07) is -0.450. The third-order valence-electron chi connectivity index (χ3n) is 1.28. The highest BCUT2D eigenvalue weighted by Crippen LogP contribution is 1.92. The van der Waals surface area contributed by atoms with Crippen LogP contribution in [-0.2, 0) is 9.53 Å². The first-order chi connectivity index (χ1) is 5.99. The highest BCUT2D eigenvalue weighted by molar-refractivity contribution is 6.03. The summed E-state index contributed by atoms with van der Waals surface area (Å²) in [4.78, 5) is 23.4. The molecule has 0 saturated heterocycles. The van der Waals surface area contributed by atoms with E-state index >= 15 is 0 Å². The van der Waals surface area contributed by atoms with Crippen LogP contribution in [0.1, 0.15) is 6.92 Å². The first-order valence-corrected chi connectivity index (χ1v) is 3.71. The van der Waals surface area contributed by atoms with Gasteiger partial charge in [-0.2, -0.15) is 0 Å². The number of carbonyl (C=O) groups is 2. The van der Waals surface area contributed by atoms with Gasteiger partial charge in [-0.3, -0.25) is 10.1 Å². The molecule has 0 saturated carbocycles. The predicted molar refractivity (Wildman–Crippen MR) is 48.0 cm³/mol. The third-order valence-corrected chi connectivity index (χ3v) is 1.28. The van der Waals surface area contributed by atoms with Gasteiger partial charge in [0.05, 0.1) is 13.4 Å². The summed E-state index contributed by atoms with van der Waals surface area (Å²) in [5, 5.41) is 2.16. The van der Waals surface area contributed by atoms with E-state index in [0.29, 0.717) is 5.57 Å². The van der Waals surface area contributed by atoms with E-state index in [-0.39, 0.29) is 0 Å². The van der Waals surface area contributed by atoms with Crippen LogP contribution >= 0.6 is 0 Å². The molecular weight excluding hydrogens is 172 g/mol. The normalized spacial score (nSPS) is 10.6. The Morgan fingerprint density at radius 3 is 2.31 bits per heavy atom. The van der Waals surface area contributed by atoms with Crippen molar-refractivity contribution in [2.45, 2.75) is 6.92 Å². The maximum atomic E-state index is 11.1. The Labute approximate surface area is 77.4 Å². The van der Waals surface area contributed by atoms with E-state index in [1.807, 2.05) is 0 Å². The van der Waals surface area contributed by atoms with Gasteiger partial charge in [-0.1, -0.05) is 0 Å². The molecule has 0 aliphatic rings. The number of amides is 3. The van der Waals surface area contributed by atoms with Crippen molar-refractivity contribution in [1.29, 1.82) is 0 Å². The molecule has 13 heavy (non-hydrogen) atoms. The Balaban J connectivity index is 4.16. The third kappa shape index (κ3) is 4.15. The van der Waals surface area contributed by atoms with E-state index in [2.05, 4.69) is 10.1 Å². The Kier molecular flexibility index (Phi) is 4.58. The molecule has 0 rings (SSSR count). The molecule has 0 aromatic rings. The first-order valence-electron chi connectivity index (χ1n) is 3.71. The van der Waals surface area contributed by atoms with Gasteiger partial charge in [0.15, 0.2) is 0 Å². The molecule has 0 aromatic heterocycles. The molecule has 0 heterocycles. The Morgan fingerprint density at radius 2 is 1.92 bits per heavy atom. The number of carbonyl (C=O) groups excluding carboxylic acids is 2.